The molecule has 0 spiro atoms. The highest BCUT2D eigenvalue weighted by atomic mass is 19.4. The summed E-state index contributed by atoms with van der Waals surface area (Å²) in [5.41, 5.74) is -1.00. The molecule has 1 heterocycles. The minimum atomic E-state index is -4.42. The van der Waals surface area contributed by atoms with Crippen LogP contribution in [0.3, 0.4) is 0 Å². The fourth-order valence-corrected chi connectivity index (χ4v) is 1.54. The number of nitrogens with one attached hydrogen (secondary N) is 1. The molecule has 4 nitrogen and oxygen atoms in total. The van der Waals surface area contributed by atoms with E-state index in [0.717, 1.165) is 6.07 Å². The highest BCUT2D eigenvalue weighted by Crippen LogP contribution is 2.27. The third-order valence-electron chi connectivity index (χ3n) is 2.50. The van der Waals surface area contributed by atoms with Gasteiger partial charge in [0.2, 0.25) is 0 Å². The van der Waals surface area contributed by atoms with E-state index in [2.05, 4.69) is 10.4 Å². The van der Waals surface area contributed by atoms with Crippen LogP contribution in [-0.2, 0) is 10.9 Å². The van der Waals surface area contributed by atoms with Crippen LogP contribution in [0.2, 0.25) is 0 Å². The van der Waals surface area contributed by atoms with Crippen molar-refractivity contribution in [3.63, 3.8) is 0 Å². The zero-order valence-electron chi connectivity index (χ0n) is 11.6. The molecular weight excluding hydrogens is 259 g/mol. The first kappa shape index (κ1) is 16.0. The smallest absolute Gasteiger partial charge is 0.382 e. The van der Waals surface area contributed by atoms with Gasteiger partial charge in [-0.1, -0.05) is 0 Å². The molecule has 0 aromatic carbocycles. The molecule has 1 aromatic rings. The Morgan fingerprint density at radius 2 is 2.00 bits per heavy atom. The van der Waals surface area contributed by atoms with Crippen molar-refractivity contribution in [2.75, 3.05) is 20.3 Å². The number of hydrogen-bond donors (Lipinski definition) is 1. The van der Waals surface area contributed by atoms with Gasteiger partial charge in [0.1, 0.15) is 0 Å². The van der Waals surface area contributed by atoms with Crippen LogP contribution in [0.5, 0.6) is 0 Å². The average Bonchev–Trinajstić information content (AvgIpc) is 2.71. The van der Waals surface area contributed by atoms with E-state index in [1.54, 1.807) is 0 Å². The maximum atomic E-state index is 12.5. The Kier molecular flexibility index (Phi) is 4.98. The molecule has 1 aromatic heterocycles. The van der Waals surface area contributed by atoms with Crippen molar-refractivity contribution in [1.29, 1.82) is 0 Å². The molecule has 0 amide bonds. The number of rotatable bonds is 5. The van der Waals surface area contributed by atoms with Gasteiger partial charge in [0.25, 0.3) is 0 Å². The van der Waals surface area contributed by atoms with E-state index in [9.17, 15) is 13.2 Å². The fraction of sp³-hybridized carbons (Fsp3) is 0.750. The zero-order chi connectivity index (χ0) is 14.7. The lowest BCUT2D eigenvalue weighted by Gasteiger charge is -2.25. The highest BCUT2D eigenvalue weighted by molar-refractivity contribution is 5.04. The molecule has 0 saturated carbocycles. The van der Waals surface area contributed by atoms with Crippen LogP contribution < -0.4 is 5.32 Å². The van der Waals surface area contributed by atoms with Crippen molar-refractivity contribution >= 4 is 0 Å². The first-order valence-corrected chi connectivity index (χ1v) is 6.00. The fourth-order valence-electron chi connectivity index (χ4n) is 1.54. The van der Waals surface area contributed by atoms with Crippen LogP contribution in [-0.4, -0.2) is 35.6 Å². The number of alkyl halides is 3. The van der Waals surface area contributed by atoms with Crippen molar-refractivity contribution < 1.29 is 17.9 Å². The van der Waals surface area contributed by atoms with E-state index in [1.165, 1.54) is 18.0 Å². The van der Waals surface area contributed by atoms with Crippen molar-refractivity contribution in [3.8, 4) is 0 Å². The minimum Gasteiger partial charge on any atom is -0.382 e. The third kappa shape index (κ3) is 5.20. The number of halogens is 3. The van der Waals surface area contributed by atoms with Crippen LogP contribution in [0.1, 0.15) is 32.5 Å². The molecule has 0 aliphatic carbocycles. The van der Waals surface area contributed by atoms with Gasteiger partial charge in [0, 0.05) is 25.4 Å². The lowest BCUT2D eigenvalue weighted by molar-refractivity contribution is -0.141. The summed E-state index contributed by atoms with van der Waals surface area (Å²) in [5.74, 6) is 0. The Bertz CT molecular complexity index is 396. The van der Waals surface area contributed by atoms with E-state index in [-0.39, 0.29) is 11.6 Å². The summed E-state index contributed by atoms with van der Waals surface area (Å²) in [7, 11) is 1.51. The molecule has 0 aliphatic heterocycles. The van der Waals surface area contributed by atoms with E-state index < -0.39 is 11.9 Å². The molecule has 0 saturated heterocycles. The maximum Gasteiger partial charge on any atom is 0.435 e. The zero-order valence-corrected chi connectivity index (χ0v) is 11.6. The summed E-state index contributed by atoms with van der Waals surface area (Å²) in [6.45, 7) is 6.74. The molecule has 0 bridgehead atoms. The molecule has 0 radical (unpaired) electrons. The van der Waals surface area contributed by atoms with Gasteiger partial charge in [-0.25, -0.2) is 0 Å². The number of hydrogen-bond acceptors (Lipinski definition) is 3. The SMILES string of the molecule is COCC(CNC(C)(C)C)n1ccc(C(F)(F)F)n1. The van der Waals surface area contributed by atoms with E-state index in [0.29, 0.717) is 13.2 Å². The lowest BCUT2D eigenvalue weighted by Crippen LogP contribution is -2.40. The van der Waals surface area contributed by atoms with Gasteiger partial charge < -0.3 is 10.1 Å². The van der Waals surface area contributed by atoms with Crippen LogP contribution in [0, 0.1) is 0 Å². The average molecular weight is 279 g/mol. The summed E-state index contributed by atoms with van der Waals surface area (Å²) < 4.78 is 43.8. The first-order valence-electron chi connectivity index (χ1n) is 6.00. The van der Waals surface area contributed by atoms with Crippen LogP contribution in [0.25, 0.3) is 0 Å². The molecule has 19 heavy (non-hydrogen) atoms. The summed E-state index contributed by atoms with van der Waals surface area (Å²) in [4.78, 5) is 0. The monoisotopic (exact) mass is 279 g/mol. The predicted octanol–water partition coefficient (Wildman–Crippen LogP) is 2.48. The first-order chi connectivity index (χ1) is 8.63. The Morgan fingerprint density at radius 3 is 2.42 bits per heavy atom. The minimum absolute atomic E-state index is 0.119. The molecule has 7 heteroatoms. The van der Waals surface area contributed by atoms with E-state index in [4.69, 9.17) is 4.74 Å². The van der Waals surface area contributed by atoms with Crippen molar-refractivity contribution in [2.24, 2.45) is 0 Å². The van der Waals surface area contributed by atoms with Crippen LogP contribution in [0.15, 0.2) is 12.3 Å². The molecule has 1 atom stereocenters. The van der Waals surface area contributed by atoms with Gasteiger partial charge in [-0.3, -0.25) is 4.68 Å². The van der Waals surface area contributed by atoms with Gasteiger partial charge in [0.15, 0.2) is 5.69 Å². The van der Waals surface area contributed by atoms with Crippen molar-refractivity contribution in [2.45, 2.75) is 38.5 Å². The van der Waals surface area contributed by atoms with Gasteiger partial charge in [-0.2, -0.15) is 18.3 Å². The summed E-state index contributed by atoms with van der Waals surface area (Å²) in [5, 5.41) is 6.80. The number of ether oxygens (including phenoxy) is 1. The Labute approximate surface area is 110 Å². The molecule has 1 N–H and O–H groups in total. The second-order valence-corrected chi connectivity index (χ2v) is 5.42. The van der Waals surface area contributed by atoms with Gasteiger partial charge in [0.05, 0.1) is 12.6 Å². The highest BCUT2D eigenvalue weighted by Gasteiger charge is 2.34. The van der Waals surface area contributed by atoms with Crippen molar-refractivity contribution in [3.05, 3.63) is 18.0 Å². The largest absolute Gasteiger partial charge is 0.435 e. The normalized spacial score (nSPS) is 14.7. The number of aromatic nitrogens is 2. The quantitative estimate of drug-likeness (QED) is 0.900. The van der Waals surface area contributed by atoms with Crippen LogP contribution >= 0.6 is 0 Å². The molecular formula is C12H20F3N3O. The van der Waals surface area contributed by atoms with Gasteiger partial charge in [-0.15, -0.1) is 0 Å². The summed E-state index contributed by atoms with van der Waals surface area (Å²) in [6.07, 6.45) is -3.09. The second kappa shape index (κ2) is 5.92. The third-order valence-corrected chi connectivity index (χ3v) is 2.50. The van der Waals surface area contributed by atoms with Gasteiger partial charge in [-0.05, 0) is 26.8 Å². The molecule has 1 rings (SSSR count). The summed E-state index contributed by atoms with van der Waals surface area (Å²) in [6, 6.07) is 0.694. The predicted molar refractivity (Wildman–Crippen MR) is 65.9 cm³/mol. The molecule has 1 unspecified atom stereocenters. The van der Waals surface area contributed by atoms with E-state index >= 15 is 0 Å². The standard InChI is InChI=1S/C12H20F3N3O/c1-11(2,3)16-7-9(8-19-4)18-6-5-10(17-18)12(13,14)15/h5-6,9,16H,7-8H2,1-4H3. The topological polar surface area (TPSA) is 39.1 Å². The van der Waals surface area contributed by atoms with Gasteiger partial charge >= 0.3 is 6.18 Å². The lowest BCUT2D eigenvalue weighted by atomic mass is 10.1. The Balaban J connectivity index is 2.78. The molecule has 0 fully saturated rings. The summed E-state index contributed by atoms with van der Waals surface area (Å²) >= 11 is 0. The van der Waals surface area contributed by atoms with Crippen LogP contribution in [0.4, 0.5) is 13.2 Å². The number of nitrogens with zero attached hydrogens (tertiary/aromatic N) is 2. The Hall–Kier alpha value is -1.08. The Morgan fingerprint density at radius 1 is 1.37 bits per heavy atom. The maximum absolute atomic E-state index is 12.5. The molecule has 0 aliphatic rings. The number of methoxy groups -OCH3 is 1. The van der Waals surface area contributed by atoms with E-state index in [1.807, 2.05) is 20.8 Å². The molecule has 110 valence electrons. The second-order valence-electron chi connectivity index (χ2n) is 5.42. The van der Waals surface area contributed by atoms with Crippen molar-refractivity contribution in [1.82, 2.24) is 15.1 Å².